The molecule has 0 aliphatic rings. The van der Waals surface area contributed by atoms with Gasteiger partial charge in [-0.05, 0) is 19.1 Å². The molecule has 0 unspecified atom stereocenters. The molecule has 0 bridgehead atoms. The minimum Gasteiger partial charge on any atom is -0.334 e. The molecule has 4 aromatic rings. The maximum Gasteiger partial charge on any atom is 0.287 e. The summed E-state index contributed by atoms with van der Waals surface area (Å²) in [4.78, 5) is 25.0. The zero-order valence-corrected chi connectivity index (χ0v) is 14.3. The van der Waals surface area contributed by atoms with Crippen LogP contribution in [0.4, 0.5) is 5.82 Å². The maximum absolute atomic E-state index is 12.2. The summed E-state index contributed by atoms with van der Waals surface area (Å²) in [5.41, 5.74) is 2.65. The largest absolute Gasteiger partial charge is 0.334 e. The third kappa shape index (κ3) is 2.96. The number of rotatable bonds is 3. The summed E-state index contributed by atoms with van der Waals surface area (Å²) in [6, 6.07) is 3.78. The van der Waals surface area contributed by atoms with Crippen molar-refractivity contribution in [2.24, 2.45) is 7.05 Å². The third-order valence-corrected chi connectivity index (χ3v) is 4.48. The molecule has 4 aromatic heterocycles. The van der Waals surface area contributed by atoms with Gasteiger partial charge < -0.3 is 9.88 Å². The van der Waals surface area contributed by atoms with E-state index in [1.165, 1.54) is 11.3 Å². The predicted octanol–water partition coefficient (Wildman–Crippen LogP) is 2.44. The Labute approximate surface area is 146 Å². The average Bonchev–Trinajstić information content (AvgIpc) is 3.22. The van der Waals surface area contributed by atoms with Crippen molar-refractivity contribution in [2.75, 3.05) is 5.32 Å². The molecule has 0 saturated heterocycles. The number of amides is 1. The lowest BCUT2D eigenvalue weighted by molar-refractivity contribution is 0.102. The fourth-order valence-corrected chi connectivity index (χ4v) is 3.02. The van der Waals surface area contributed by atoms with Gasteiger partial charge in [0.2, 0.25) is 5.01 Å². The number of pyridine rings is 2. The highest BCUT2D eigenvalue weighted by Crippen LogP contribution is 2.23. The van der Waals surface area contributed by atoms with Gasteiger partial charge in [0.25, 0.3) is 5.91 Å². The number of aryl methyl sites for hydroxylation is 2. The number of hydrogen-bond donors (Lipinski definition) is 1. The second kappa shape index (κ2) is 6.02. The highest BCUT2D eigenvalue weighted by Gasteiger charge is 2.13. The van der Waals surface area contributed by atoms with Crippen LogP contribution in [0.25, 0.3) is 22.2 Å². The number of nitrogens with one attached hydrogen (secondary N) is 1. The van der Waals surface area contributed by atoms with Gasteiger partial charge in [-0.1, -0.05) is 11.3 Å². The second-order valence-corrected chi connectivity index (χ2v) is 6.64. The number of fused-ring (bicyclic) bond motifs is 1. The molecule has 1 N–H and O–H groups in total. The number of imidazole rings is 1. The van der Waals surface area contributed by atoms with E-state index < -0.39 is 0 Å². The minimum absolute atomic E-state index is 0.307. The van der Waals surface area contributed by atoms with Crippen molar-refractivity contribution in [1.82, 2.24) is 29.7 Å². The number of aromatic nitrogens is 6. The molecule has 1 amide bonds. The minimum atomic E-state index is -0.326. The summed E-state index contributed by atoms with van der Waals surface area (Å²) in [6.07, 6.45) is 6.93. The van der Waals surface area contributed by atoms with E-state index >= 15 is 0 Å². The van der Waals surface area contributed by atoms with Crippen molar-refractivity contribution in [3.8, 4) is 11.3 Å². The van der Waals surface area contributed by atoms with Gasteiger partial charge in [0.05, 0.1) is 29.9 Å². The zero-order chi connectivity index (χ0) is 17.4. The number of hydrogen-bond acceptors (Lipinski definition) is 7. The van der Waals surface area contributed by atoms with Gasteiger partial charge in [-0.3, -0.25) is 9.78 Å². The summed E-state index contributed by atoms with van der Waals surface area (Å²) in [5, 5.41) is 12.3. The molecular formula is C16H13N7OS. The smallest absolute Gasteiger partial charge is 0.287 e. The normalized spacial score (nSPS) is 11.0. The van der Waals surface area contributed by atoms with Crippen LogP contribution >= 0.6 is 11.3 Å². The van der Waals surface area contributed by atoms with Gasteiger partial charge in [0.1, 0.15) is 10.8 Å². The molecule has 25 heavy (non-hydrogen) atoms. The molecule has 0 radical (unpaired) electrons. The fourth-order valence-electron chi connectivity index (χ4n) is 2.43. The van der Waals surface area contributed by atoms with Gasteiger partial charge in [0.15, 0.2) is 0 Å². The molecule has 0 saturated carbocycles. The Hall–Kier alpha value is -3.20. The van der Waals surface area contributed by atoms with Crippen molar-refractivity contribution in [1.29, 1.82) is 0 Å². The van der Waals surface area contributed by atoms with Gasteiger partial charge in [-0.15, -0.1) is 10.2 Å². The Kier molecular flexibility index (Phi) is 3.69. The lowest BCUT2D eigenvalue weighted by Gasteiger charge is -2.06. The molecular weight excluding hydrogens is 338 g/mol. The third-order valence-electron chi connectivity index (χ3n) is 3.64. The topological polar surface area (TPSA) is 98.5 Å². The van der Waals surface area contributed by atoms with Crippen LogP contribution in [0.2, 0.25) is 0 Å². The van der Waals surface area contributed by atoms with Gasteiger partial charge >= 0.3 is 0 Å². The van der Waals surface area contributed by atoms with Gasteiger partial charge in [-0.2, -0.15) is 0 Å². The van der Waals surface area contributed by atoms with Crippen LogP contribution < -0.4 is 5.32 Å². The average molecular weight is 351 g/mol. The Bertz CT molecular complexity index is 1080. The summed E-state index contributed by atoms with van der Waals surface area (Å²) >= 11 is 1.24. The van der Waals surface area contributed by atoms with E-state index in [4.69, 9.17) is 0 Å². The van der Waals surface area contributed by atoms with E-state index in [2.05, 4.69) is 30.5 Å². The molecule has 0 aliphatic carbocycles. The SMILES string of the molecule is Cc1nnc(C(=O)Nc2cc3cc(-c4cncn4C)cnc3cn2)s1. The van der Waals surface area contributed by atoms with Crippen molar-refractivity contribution in [3.63, 3.8) is 0 Å². The van der Waals surface area contributed by atoms with Crippen molar-refractivity contribution >= 4 is 34.0 Å². The summed E-state index contributed by atoms with van der Waals surface area (Å²) in [7, 11) is 1.93. The van der Waals surface area contributed by atoms with Crippen molar-refractivity contribution in [3.05, 3.63) is 47.1 Å². The first-order valence-corrected chi connectivity index (χ1v) is 8.26. The lowest BCUT2D eigenvalue weighted by Crippen LogP contribution is -2.12. The van der Waals surface area contributed by atoms with E-state index in [9.17, 15) is 4.79 Å². The van der Waals surface area contributed by atoms with E-state index in [1.54, 1.807) is 37.9 Å². The zero-order valence-electron chi connectivity index (χ0n) is 13.5. The van der Waals surface area contributed by atoms with Crippen LogP contribution in [0.1, 0.15) is 14.8 Å². The number of carbonyl (C=O) groups is 1. The number of carbonyl (C=O) groups excluding carboxylic acids is 1. The molecule has 4 rings (SSSR count). The number of nitrogens with zero attached hydrogens (tertiary/aromatic N) is 6. The Morgan fingerprint density at radius 1 is 1.16 bits per heavy atom. The first-order chi connectivity index (χ1) is 12.1. The van der Waals surface area contributed by atoms with Gasteiger partial charge in [-0.25, -0.2) is 9.97 Å². The Morgan fingerprint density at radius 3 is 2.76 bits per heavy atom. The van der Waals surface area contributed by atoms with E-state index in [1.807, 2.05) is 17.7 Å². The molecule has 0 atom stereocenters. The Balaban J connectivity index is 1.67. The fraction of sp³-hybridized carbons (Fsp3) is 0.125. The quantitative estimate of drug-likeness (QED) is 0.609. The summed E-state index contributed by atoms with van der Waals surface area (Å²) < 4.78 is 1.92. The monoisotopic (exact) mass is 351 g/mol. The maximum atomic E-state index is 12.2. The van der Waals surface area contributed by atoms with Crippen LogP contribution in [-0.4, -0.2) is 35.6 Å². The Morgan fingerprint density at radius 2 is 2.04 bits per heavy atom. The first-order valence-electron chi connectivity index (χ1n) is 7.44. The van der Waals surface area contributed by atoms with Crippen LogP contribution in [0.15, 0.2) is 37.1 Å². The van der Waals surface area contributed by atoms with Crippen molar-refractivity contribution in [2.45, 2.75) is 6.92 Å². The lowest BCUT2D eigenvalue weighted by atomic mass is 10.1. The molecule has 124 valence electrons. The van der Waals surface area contributed by atoms with E-state index in [0.717, 1.165) is 27.2 Å². The molecule has 9 heteroatoms. The van der Waals surface area contributed by atoms with Crippen LogP contribution in [-0.2, 0) is 7.05 Å². The van der Waals surface area contributed by atoms with Crippen LogP contribution in [0.3, 0.4) is 0 Å². The second-order valence-electron chi connectivity index (χ2n) is 5.46. The number of anilines is 1. The predicted molar refractivity (Wildman–Crippen MR) is 94.3 cm³/mol. The summed E-state index contributed by atoms with van der Waals surface area (Å²) in [5.74, 6) is 0.113. The standard InChI is InChI=1S/C16H13N7OS/c1-9-21-22-16(25-9)15(24)20-14-4-10-3-11(5-18-12(10)6-19-14)13-7-17-8-23(13)2/h3-8H,1-2H3,(H,19,20,24). The molecule has 0 aromatic carbocycles. The van der Waals surface area contributed by atoms with Gasteiger partial charge in [0, 0.05) is 24.2 Å². The molecule has 8 nitrogen and oxygen atoms in total. The molecule has 0 fully saturated rings. The van der Waals surface area contributed by atoms with E-state index in [-0.39, 0.29) is 5.91 Å². The van der Waals surface area contributed by atoms with E-state index in [0.29, 0.717) is 10.8 Å². The highest BCUT2D eigenvalue weighted by atomic mass is 32.1. The van der Waals surface area contributed by atoms with Crippen LogP contribution in [0, 0.1) is 6.92 Å². The highest BCUT2D eigenvalue weighted by molar-refractivity contribution is 7.13. The molecule has 0 spiro atoms. The summed E-state index contributed by atoms with van der Waals surface area (Å²) in [6.45, 7) is 1.80. The first kappa shape index (κ1) is 15.3. The van der Waals surface area contributed by atoms with Crippen molar-refractivity contribution < 1.29 is 4.79 Å². The van der Waals surface area contributed by atoms with Crippen LogP contribution in [0.5, 0.6) is 0 Å². The molecule has 4 heterocycles. The molecule has 0 aliphatic heterocycles.